The zero-order chi connectivity index (χ0) is 29.5. The highest BCUT2D eigenvalue weighted by Gasteiger charge is 2.22. The topological polar surface area (TPSA) is 127 Å². The smallest absolute Gasteiger partial charge is 0.259 e. The Bertz CT molecular complexity index is 1570. The van der Waals surface area contributed by atoms with E-state index >= 15 is 0 Å². The Labute approximate surface area is 249 Å². The quantitative estimate of drug-likeness (QED) is 0.179. The Morgan fingerprint density at radius 1 is 1.14 bits per heavy atom. The molecule has 0 radical (unpaired) electrons. The summed E-state index contributed by atoms with van der Waals surface area (Å²) < 4.78 is 1.72. The number of benzene rings is 1. The monoisotopic (exact) mass is 582 g/mol. The number of nitrogens with zero attached hydrogens (tertiary/aromatic N) is 5. The Balaban J connectivity index is 1.33. The van der Waals surface area contributed by atoms with Gasteiger partial charge in [-0.2, -0.15) is 22.1 Å². The minimum atomic E-state index is -0.314. The molecule has 1 aromatic carbocycles. The zero-order valence-electron chi connectivity index (χ0n) is 23.7. The van der Waals surface area contributed by atoms with Gasteiger partial charge in [0.05, 0.1) is 23.3 Å². The maximum Gasteiger partial charge on any atom is 0.259 e. The highest BCUT2D eigenvalue weighted by atomic mass is 32.2. The summed E-state index contributed by atoms with van der Waals surface area (Å²) in [4.78, 5) is 32.4. The van der Waals surface area contributed by atoms with Crippen LogP contribution in [-0.4, -0.2) is 70.5 Å². The molecule has 1 aliphatic heterocycles. The minimum Gasteiger partial charge on any atom is -0.317 e. The molecule has 4 heterocycles. The standard InChI is InChI=1S/C31H34N8O2S/c1-38(29-8-3-21(18-32)19-34-29)31(41)24-11-15-39-28(17-24)26(20-35-39)22-4-6-23(7-5-22)30(40)27(12-16-42-2)37-36-25-9-13-33-14-10-25/h3-8,11,15,17,19-20,25,27,33,36-37H,9-10,12-14,16H2,1-2H3/t27-/m0/s1. The van der Waals surface area contributed by atoms with Crippen LogP contribution in [0.4, 0.5) is 5.82 Å². The van der Waals surface area contributed by atoms with E-state index in [0.29, 0.717) is 28.6 Å². The third-order valence-corrected chi connectivity index (χ3v) is 8.15. The van der Waals surface area contributed by atoms with Crippen molar-refractivity contribution in [2.24, 2.45) is 0 Å². The van der Waals surface area contributed by atoms with Gasteiger partial charge in [0, 0.05) is 42.2 Å². The van der Waals surface area contributed by atoms with E-state index in [1.54, 1.807) is 60.0 Å². The molecule has 4 aromatic rings. The molecular weight excluding hydrogens is 548 g/mol. The number of carbonyl (C=O) groups is 2. The summed E-state index contributed by atoms with van der Waals surface area (Å²) in [5, 5.41) is 16.8. The second-order valence-corrected chi connectivity index (χ2v) is 11.3. The summed E-state index contributed by atoms with van der Waals surface area (Å²) in [5.41, 5.74) is 10.8. The normalized spacial score (nSPS) is 14.4. The number of amides is 1. The van der Waals surface area contributed by atoms with Gasteiger partial charge in [0.2, 0.25) is 0 Å². The molecule has 1 atom stereocenters. The van der Waals surface area contributed by atoms with E-state index in [1.807, 2.05) is 36.6 Å². The number of Topliss-reactive ketones (excluding diaryl/α,β-unsaturated/α-hetero) is 1. The predicted molar refractivity (Wildman–Crippen MR) is 166 cm³/mol. The second-order valence-electron chi connectivity index (χ2n) is 10.3. The van der Waals surface area contributed by atoms with E-state index in [4.69, 9.17) is 5.26 Å². The van der Waals surface area contributed by atoms with Crippen LogP contribution in [0.1, 0.15) is 45.5 Å². The van der Waals surface area contributed by atoms with Gasteiger partial charge in [0.1, 0.15) is 11.9 Å². The number of nitrogens with one attached hydrogen (secondary N) is 3. The van der Waals surface area contributed by atoms with Crippen LogP contribution in [0.15, 0.2) is 67.1 Å². The van der Waals surface area contributed by atoms with Gasteiger partial charge in [-0.15, -0.1) is 0 Å². The molecule has 0 spiro atoms. The number of thioether (sulfide) groups is 1. The third kappa shape index (κ3) is 6.69. The van der Waals surface area contributed by atoms with E-state index in [2.05, 4.69) is 26.3 Å². The average Bonchev–Trinajstić information content (AvgIpc) is 3.48. The molecule has 5 rings (SSSR count). The molecule has 0 unspecified atom stereocenters. The summed E-state index contributed by atoms with van der Waals surface area (Å²) in [6.45, 7) is 1.96. The molecule has 3 N–H and O–H groups in total. The van der Waals surface area contributed by atoms with Crippen LogP contribution in [0.3, 0.4) is 0 Å². The second kappa shape index (κ2) is 13.7. The van der Waals surface area contributed by atoms with Gasteiger partial charge in [-0.1, -0.05) is 24.3 Å². The number of carbonyl (C=O) groups excluding carboxylic acids is 2. The van der Waals surface area contributed by atoms with E-state index < -0.39 is 0 Å². The SMILES string of the molecule is CSCC[C@H](NNC1CCNCC1)C(=O)c1ccc(-c2cnn3ccc(C(=O)N(C)c4ccc(C#N)cn4)cc23)cc1. The van der Waals surface area contributed by atoms with Gasteiger partial charge < -0.3 is 5.32 Å². The molecule has 11 heteroatoms. The van der Waals surface area contributed by atoms with Gasteiger partial charge in [-0.05, 0) is 74.2 Å². The molecule has 0 bridgehead atoms. The Kier molecular flexibility index (Phi) is 9.61. The first kappa shape index (κ1) is 29.4. The van der Waals surface area contributed by atoms with Crippen LogP contribution in [0.25, 0.3) is 16.6 Å². The van der Waals surface area contributed by atoms with Gasteiger partial charge in [-0.3, -0.25) is 19.9 Å². The maximum atomic E-state index is 13.5. The number of pyridine rings is 2. The van der Waals surface area contributed by atoms with Crippen molar-refractivity contribution in [3.05, 3.63) is 83.8 Å². The van der Waals surface area contributed by atoms with E-state index in [0.717, 1.165) is 54.7 Å². The maximum absolute atomic E-state index is 13.5. The predicted octanol–water partition coefficient (Wildman–Crippen LogP) is 3.70. The van der Waals surface area contributed by atoms with Crippen molar-refractivity contribution in [3.63, 3.8) is 0 Å². The number of hydrogen-bond acceptors (Lipinski definition) is 9. The number of piperidine rings is 1. The number of hydrogen-bond donors (Lipinski definition) is 3. The molecule has 42 heavy (non-hydrogen) atoms. The highest BCUT2D eigenvalue weighted by Crippen LogP contribution is 2.27. The molecule has 0 aliphatic carbocycles. The lowest BCUT2D eigenvalue weighted by Crippen LogP contribution is -2.52. The van der Waals surface area contributed by atoms with Crippen LogP contribution in [-0.2, 0) is 0 Å². The zero-order valence-corrected chi connectivity index (χ0v) is 24.5. The molecule has 1 amide bonds. The van der Waals surface area contributed by atoms with Gasteiger partial charge in [0.15, 0.2) is 5.78 Å². The fourth-order valence-corrected chi connectivity index (χ4v) is 5.46. The number of aromatic nitrogens is 3. The summed E-state index contributed by atoms with van der Waals surface area (Å²) in [7, 11) is 1.65. The van der Waals surface area contributed by atoms with Crippen molar-refractivity contribution in [2.75, 3.05) is 37.0 Å². The molecule has 1 aliphatic rings. The van der Waals surface area contributed by atoms with E-state index in [1.165, 1.54) is 11.1 Å². The van der Waals surface area contributed by atoms with E-state index in [-0.39, 0.29) is 17.7 Å². The molecule has 0 saturated carbocycles. The molecule has 3 aromatic heterocycles. The molecular formula is C31H34N8O2S. The fraction of sp³-hybridized carbons (Fsp3) is 0.323. The fourth-order valence-electron chi connectivity index (χ4n) is 4.99. The lowest BCUT2D eigenvalue weighted by molar-refractivity contribution is 0.0926. The molecule has 1 fully saturated rings. The van der Waals surface area contributed by atoms with Crippen molar-refractivity contribution in [1.82, 2.24) is 30.8 Å². The van der Waals surface area contributed by atoms with Crippen molar-refractivity contribution >= 4 is 34.8 Å². The summed E-state index contributed by atoms with van der Waals surface area (Å²) in [6.07, 6.45) is 9.80. The van der Waals surface area contributed by atoms with Crippen LogP contribution < -0.4 is 21.1 Å². The first-order chi connectivity index (χ1) is 20.5. The van der Waals surface area contributed by atoms with Crippen molar-refractivity contribution < 1.29 is 9.59 Å². The highest BCUT2D eigenvalue weighted by molar-refractivity contribution is 7.98. The van der Waals surface area contributed by atoms with Crippen LogP contribution in [0.5, 0.6) is 0 Å². The lowest BCUT2D eigenvalue weighted by Gasteiger charge is -2.27. The number of ketones is 1. The van der Waals surface area contributed by atoms with Gasteiger partial charge in [0.25, 0.3) is 5.91 Å². The number of fused-ring (bicyclic) bond motifs is 1. The van der Waals surface area contributed by atoms with Crippen LogP contribution in [0.2, 0.25) is 0 Å². The van der Waals surface area contributed by atoms with E-state index in [9.17, 15) is 9.59 Å². The van der Waals surface area contributed by atoms with Crippen molar-refractivity contribution in [2.45, 2.75) is 31.3 Å². The Morgan fingerprint density at radius 3 is 2.62 bits per heavy atom. The Morgan fingerprint density at radius 2 is 1.93 bits per heavy atom. The van der Waals surface area contributed by atoms with Gasteiger partial charge in [-0.25, -0.2) is 14.9 Å². The number of nitriles is 1. The van der Waals surface area contributed by atoms with Crippen LogP contribution in [0, 0.1) is 11.3 Å². The number of rotatable bonds is 11. The van der Waals surface area contributed by atoms with Crippen LogP contribution >= 0.6 is 11.8 Å². The minimum absolute atomic E-state index is 0.0595. The summed E-state index contributed by atoms with van der Waals surface area (Å²) in [5.74, 6) is 1.16. The Hall–Kier alpha value is -4.08. The first-order valence-electron chi connectivity index (χ1n) is 14.0. The average molecular weight is 583 g/mol. The number of hydrazine groups is 1. The third-order valence-electron chi connectivity index (χ3n) is 7.50. The molecule has 1 saturated heterocycles. The first-order valence-corrected chi connectivity index (χ1v) is 15.3. The molecule has 216 valence electrons. The number of anilines is 1. The van der Waals surface area contributed by atoms with Crippen molar-refractivity contribution in [1.29, 1.82) is 5.26 Å². The molecule has 10 nitrogen and oxygen atoms in total. The van der Waals surface area contributed by atoms with Gasteiger partial charge >= 0.3 is 0 Å². The van der Waals surface area contributed by atoms with Crippen molar-refractivity contribution in [3.8, 4) is 17.2 Å². The summed E-state index contributed by atoms with van der Waals surface area (Å²) >= 11 is 1.73. The summed E-state index contributed by atoms with van der Waals surface area (Å²) in [6, 6.07) is 16.4. The largest absolute Gasteiger partial charge is 0.317 e. The lowest BCUT2D eigenvalue weighted by atomic mass is 9.99.